The third kappa shape index (κ3) is 68.2. The summed E-state index contributed by atoms with van der Waals surface area (Å²) in [6.07, 6.45) is 90.3. The monoisotopic (exact) mass is 1150 g/mol. The minimum absolute atomic E-state index is 0.0719. The first-order valence-electron chi connectivity index (χ1n) is 36.6. The van der Waals surface area contributed by atoms with Crippen LogP contribution in [0.25, 0.3) is 0 Å². The first-order chi connectivity index (χ1) is 40.5. The number of hydrogen-bond acceptors (Lipinski definition) is 6. The van der Waals surface area contributed by atoms with Crippen LogP contribution in [0.4, 0.5) is 0 Å². The van der Waals surface area contributed by atoms with Gasteiger partial charge in [0.1, 0.15) is 13.2 Å². The van der Waals surface area contributed by atoms with Crippen molar-refractivity contribution in [2.75, 3.05) is 13.2 Å². The van der Waals surface area contributed by atoms with Gasteiger partial charge in [-0.05, 0) is 77.0 Å². The molecular formula is C76H140O6. The molecule has 0 aromatic heterocycles. The lowest BCUT2D eigenvalue weighted by atomic mass is 10.0. The number of unbranched alkanes of at least 4 members (excludes halogenated alkanes) is 49. The van der Waals surface area contributed by atoms with E-state index in [1.807, 2.05) is 0 Å². The van der Waals surface area contributed by atoms with Gasteiger partial charge in [0.15, 0.2) is 6.10 Å². The maximum atomic E-state index is 12.9. The topological polar surface area (TPSA) is 78.9 Å². The Morgan fingerprint density at radius 1 is 0.256 bits per heavy atom. The Morgan fingerprint density at radius 2 is 0.476 bits per heavy atom. The summed E-state index contributed by atoms with van der Waals surface area (Å²) in [5, 5.41) is 0. The van der Waals surface area contributed by atoms with Crippen molar-refractivity contribution in [3.8, 4) is 0 Å². The van der Waals surface area contributed by atoms with Crippen molar-refractivity contribution < 1.29 is 28.6 Å². The summed E-state index contributed by atoms with van der Waals surface area (Å²) in [5.41, 5.74) is 0. The highest BCUT2D eigenvalue weighted by Gasteiger charge is 2.19. The van der Waals surface area contributed by atoms with Crippen molar-refractivity contribution in [2.45, 2.75) is 406 Å². The van der Waals surface area contributed by atoms with Gasteiger partial charge in [0.25, 0.3) is 0 Å². The molecule has 1 atom stereocenters. The van der Waals surface area contributed by atoms with Crippen LogP contribution >= 0.6 is 0 Å². The van der Waals surface area contributed by atoms with Crippen molar-refractivity contribution in [1.82, 2.24) is 0 Å². The average molecular weight is 1150 g/mol. The molecule has 0 rings (SSSR count). The summed E-state index contributed by atoms with van der Waals surface area (Å²) in [4.78, 5) is 38.4. The molecule has 0 aromatic carbocycles. The van der Waals surface area contributed by atoms with Gasteiger partial charge in [0.05, 0.1) is 0 Å². The van der Waals surface area contributed by atoms with Crippen molar-refractivity contribution >= 4 is 17.9 Å². The molecule has 0 amide bonds. The van der Waals surface area contributed by atoms with Gasteiger partial charge in [0.2, 0.25) is 0 Å². The Hall–Kier alpha value is -2.63. The van der Waals surface area contributed by atoms with Gasteiger partial charge >= 0.3 is 17.9 Å². The summed E-state index contributed by atoms with van der Waals surface area (Å²) >= 11 is 0. The molecule has 0 aliphatic carbocycles. The zero-order chi connectivity index (χ0) is 59.2. The van der Waals surface area contributed by atoms with Gasteiger partial charge in [-0.15, -0.1) is 0 Å². The standard InChI is InChI=1S/C76H140O6/c1-4-7-10-13-16-19-22-25-27-29-30-31-32-33-34-35-36-37-38-39-40-41-42-43-44-45-46-48-49-51-54-57-60-63-66-69-75(78)81-72-73(71-80-74(77)68-65-62-59-56-53-24-21-18-15-12-9-6-3)82-76(79)70-67-64-61-58-55-52-50-47-28-26-23-20-17-14-11-8-5-2/h8,11,17,20,26,28-30,73H,4-7,9-10,12-16,18-19,21-25,27,31-72H2,1-3H3/b11-8-,20-17-,28-26-,30-29-. The highest BCUT2D eigenvalue weighted by molar-refractivity contribution is 5.71. The first-order valence-corrected chi connectivity index (χ1v) is 36.6. The molecule has 0 spiro atoms. The van der Waals surface area contributed by atoms with E-state index in [1.165, 1.54) is 276 Å². The molecule has 0 heterocycles. The lowest BCUT2D eigenvalue weighted by Gasteiger charge is -2.18. The minimum atomic E-state index is -0.776. The van der Waals surface area contributed by atoms with Crippen LogP contribution in [0.3, 0.4) is 0 Å². The molecule has 6 heteroatoms. The normalized spacial score (nSPS) is 12.3. The van der Waals surface area contributed by atoms with Crippen LogP contribution in [-0.2, 0) is 28.6 Å². The van der Waals surface area contributed by atoms with Crippen LogP contribution in [0.1, 0.15) is 400 Å². The Labute approximate surface area is 511 Å². The van der Waals surface area contributed by atoms with E-state index >= 15 is 0 Å². The van der Waals surface area contributed by atoms with Crippen molar-refractivity contribution in [3.05, 3.63) is 48.6 Å². The van der Waals surface area contributed by atoms with E-state index in [0.717, 1.165) is 83.5 Å². The Kier molecular flexibility index (Phi) is 68.6. The molecule has 0 saturated carbocycles. The number of carbonyl (C=O) groups is 3. The van der Waals surface area contributed by atoms with E-state index in [-0.39, 0.29) is 31.1 Å². The van der Waals surface area contributed by atoms with Crippen molar-refractivity contribution in [3.63, 3.8) is 0 Å². The first kappa shape index (κ1) is 79.4. The second kappa shape index (κ2) is 70.9. The average Bonchev–Trinajstić information content (AvgIpc) is 3.47. The molecule has 0 aliphatic rings. The zero-order valence-electron chi connectivity index (χ0n) is 55.3. The predicted molar refractivity (Wildman–Crippen MR) is 358 cm³/mol. The van der Waals surface area contributed by atoms with E-state index in [9.17, 15) is 14.4 Å². The van der Waals surface area contributed by atoms with Gasteiger partial charge in [-0.1, -0.05) is 352 Å². The molecule has 1 unspecified atom stereocenters. The molecule has 0 N–H and O–H groups in total. The van der Waals surface area contributed by atoms with Crippen LogP contribution in [0.15, 0.2) is 48.6 Å². The summed E-state index contributed by atoms with van der Waals surface area (Å²) in [6, 6.07) is 0. The molecule has 0 fully saturated rings. The van der Waals surface area contributed by atoms with Crippen molar-refractivity contribution in [1.29, 1.82) is 0 Å². The van der Waals surface area contributed by atoms with E-state index in [2.05, 4.69) is 69.4 Å². The van der Waals surface area contributed by atoms with Gasteiger partial charge in [0, 0.05) is 19.3 Å². The number of rotatable bonds is 68. The van der Waals surface area contributed by atoms with Gasteiger partial charge in [-0.25, -0.2) is 0 Å². The Balaban J connectivity index is 4.05. The third-order valence-electron chi connectivity index (χ3n) is 16.6. The maximum absolute atomic E-state index is 12.9. The second-order valence-electron chi connectivity index (χ2n) is 24.8. The Bertz CT molecular complexity index is 1410. The van der Waals surface area contributed by atoms with Crippen LogP contribution in [-0.4, -0.2) is 37.2 Å². The number of hydrogen-bond donors (Lipinski definition) is 0. The number of esters is 3. The minimum Gasteiger partial charge on any atom is -0.462 e. The van der Waals surface area contributed by atoms with E-state index in [4.69, 9.17) is 14.2 Å². The van der Waals surface area contributed by atoms with Crippen LogP contribution in [0.5, 0.6) is 0 Å². The summed E-state index contributed by atoms with van der Waals surface area (Å²) in [6.45, 7) is 6.58. The number of carbonyl (C=O) groups excluding carboxylic acids is 3. The highest BCUT2D eigenvalue weighted by Crippen LogP contribution is 2.19. The lowest BCUT2D eigenvalue weighted by molar-refractivity contribution is -0.167. The molecule has 480 valence electrons. The molecule has 0 aromatic rings. The summed E-state index contributed by atoms with van der Waals surface area (Å²) in [5.74, 6) is -0.857. The number of ether oxygens (including phenoxy) is 3. The lowest BCUT2D eigenvalue weighted by Crippen LogP contribution is -2.30. The predicted octanol–water partition coefficient (Wildman–Crippen LogP) is 25.3. The third-order valence-corrected chi connectivity index (χ3v) is 16.6. The smallest absolute Gasteiger partial charge is 0.306 e. The fraction of sp³-hybridized carbons (Fsp3) is 0.855. The second-order valence-corrected chi connectivity index (χ2v) is 24.8. The SMILES string of the molecule is CC/C=C\C/C=C\C/C=C\CCCCCCCCCC(=O)OC(COC(=O)CCCCCCCCCCCCCC)COC(=O)CCCCCCCCCCCCCCCCCCCCCCCCC/C=C\CCCCCCCCCC. The highest BCUT2D eigenvalue weighted by atomic mass is 16.6. The van der Waals surface area contributed by atoms with E-state index in [1.54, 1.807) is 0 Å². The van der Waals surface area contributed by atoms with Crippen molar-refractivity contribution in [2.24, 2.45) is 0 Å². The fourth-order valence-corrected chi connectivity index (χ4v) is 11.1. The van der Waals surface area contributed by atoms with E-state index in [0.29, 0.717) is 19.3 Å². The molecule has 0 radical (unpaired) electrons. The molecule has 0 aliphatic heterocycles. The molecule has 0 bridgehead atoms. The summed E-state index contributed by atoms with van der Waals surface area (Å²) < 4.78 is 17.0. The number of allylic oxidation sites excluding steroid dienone is 8. The van der Waals surface area contributed by atoms with E-state index < -0.39 is 6.10 Å². The zero-order valence-corrected chi connectivity index (χ0v) is 55.3. The largest absolute Gasteiger partial charge is 0.462 e. The van der Waals surface area contributed by atoms with Gasteiger partial charge in [-0.3, -0.25) is 14.4 Å². The molecular weight excluding hydrogens is 1010 g/mol. The molecule has 6 nitrogen and oxygen atoms in total. The Morgan fingerprint density at radius 3 is 0.756 bits per heavy atom. The van der Waals surface area contributed by atoms with Crippen LogP contribution in [0, 0.1) is 0 Å². The molecule has 0 saturated heterocycles. The quantitative estimate of drug-likeness (QED) is 0.0261. The molecule has 82 heavy (non-hydrogen) atoms. The van der Waals surface area contributed by atoms with Crippen LogP contribution in [0.2, 0.25) is 0 Å². The summed E-state index contributed by atoms with van der Waals surface area (Å²) in [7, 11) is 0. The van der Waals surface area contributed by atoms with Gasteiger partial charge < -0.3 is 14.2 Å². The van der Waals surface area contributed by atoms with Crippen LogP contribution < -0.4 is 0 Å². The fourth-order valence-electron chi connectivity index (χ4n) is 11.1. The maximum Gasteiger partial charge on any atom is 0.306 e. The van der Waals surface area contributed by atoms with Gasteiger partial charge in [-0.2, -0.15) is 0 Å².